The van der Waals surface area contributed by atoms with Crippen LogP contribution in [0.25, 0.3) is 11.4 Å². The van der Waals surface area contributed by atoms with Crippen molar-refractivity contribution in [3.05, 3.63) is 42.7 Å². The van der Waals surface area contributed by atoms with Gasteiger partial charge in [0.1, 0.15) is 5.82 Å². The van der Waals surface area contributed by atoms with Crippen LogP contribution in [-0.2, 0) is 11.3 Å². The van der Waals surface area contributed by atoms with Gasteiger partial charge in [-0.15, -0.1) is 16.8 Å². The fraction of sp³-hybridized carbons (Fsp3) is 0.476. The molecule has 7 heteroatoms. The lowest BCUT2D eigenvalue weighted by Gasteiger charge is -2.33. The molecule has 0 unspecified atom stereocenters. The van der Waals surface area contributed by atoms with Gasteiger partial charge in [-0.05, 0) is 55.9 Å². The highest BCUT2D eigenvalue weighted by Gasteiger charge is 2.25. The molecule has 0 saturated heterocycles. The van der Waals surface area contributed by atoms with Gasteiger partial charge in [-0.2, -0.15) is 0 Å². The zero-order valence-corrected chi connectivity index (χ0v) is 17.3. The van der Waals surface area contributed by atoms with Gasteiger partial charge < -0.3 is 4.90 Å². The van der Waals surface area contributed by atoms with Crippen molar-refractivity contribution >= 4 is 17.7 Å². The van der Waals surface area contributed by atoms with E-state index in [1.807, 2.05) is 16.5 Å². The first-order valence-corrected chi connectivity index (χ1v) is 10.7. The maximum atomic E-state index is 13.2. The summed E-state index contributed by atoms with van der Waals surface area (Å²) in [6.45, 7) is 6.59. The Morgan fingerprint density at radius 2 is 1.96 bits per heavy atom. The van der Waals surface area contributed by atoms with Crippen LogP contribution in [-0.4, -0.2) is 44.4 Å². The number of benzene rings is 1. The molecule has 150 valence electrons. The molecule has 5 nitrogen and oxygen atoms in total. The molecule has 0 radical (unpaired) electrons. The van der Waals surface area contributed by atoms with Crippen molar-refractivity contribution in [3.63, 3.8) is 0 Å². The maximum Gasteiger partial charge on any atom is 0.233 e. The minimum atomic E-state index is -0.293. The first-order chi connectivity index (χ1) is 13.5. The van der Waals surface area contributed by atoms with E-state index in [4.69, 9.17) is 0 Å². The molecule has 1 heterocycles. The zero-order chi connectivity index (χ0) is 20.1. The highest BCUT2D eigenvalue weighted by Crippen LogP contribution is 2.28. The normalized spacial score (nSPS) is 19.4. The number of rotatable bonds is 7. The lowest BCUT2D eigenvalue weighted by atomic mass is 9.87. The molecular formula is C21H27FN4OS. The summed E-state index contributed by atoms with van der Waals surface area (Å²) in [5, 5.41) is 9.17. The first-order valence-electron chi connectivity index (χ1n) is 9.68. The van der Waals surface area contributed by atoms with Crippen molar-refractivity contribution < 1.29 is 9.18 Å². The number of halogens is 1. The lowest BCUT2D eigenvalue weighted by Crippen LogP contribution is -2.40. The molecule has 1 aromatic carbocycles. The third kappa shape index (κ3) is 4.82. The molecule has 1 amide bonds. The number of allylic oxidation sites excluding steroid dienone is 1. The van der Waals surface area contributed by atoms with Gasteiger partial charge in [0.2, 0.25) is 5.91 Å². The molecule has 1 saturated carbocycles. The largest absolute Gasteiger partial charge is 0.342 e. The Bertz CT molecular complexity index is 812. The first kappa shape index (κ1) is 20.6. The Morgan fingerprint density at radius 1 is 1.29 bits per heavy atom. The minimum Gasteiger partial charge on any atom is -0.342 e. The third-order valence-electron chi connectivity index (χ3n) is 5.38. The quantitative estimate of drug-likeness (QED) is 0.509. The van der Waals surface area contributed by atoms with Crippen LogP contribution >= 0.6 is 11.8 Å². The number of amides is 1. The van der Waals surface area contributed by atoms with Crippen LogP contribution in [0, 0.1) is 11.7 Å². The second-order valence-corrected chi connectivity index (χ2v) is 8.36. The molecule has 0 aliphatic heterocycles. The predicted octanol–water partition coefficient (Wildman–Crippen LogP) is 4.40. The van der Waals surface area contributed by atoms with Gasteiger partial charge in [0, 0.05) is 25.2 Å². The van der Waals surface area contributed by atoms with E-state index in [2.05, 4.69) is 23.7 Å². The van der Waals surface area contributed by atoms with Crippen LogP contribution < -0.4 is 0 Å². The van der Waals surface area contributed by atoms with Crippen molar-refractivity contribution in [2.75, 3.05) is 12.8 Å². The SMILES string of the molecule is C=CCn1c(SCC(=O)N(C)C2CCC(C)CC2)nnc1-c1ccc(F)cc1. The van der Waals surface area contributed by atoms with Crippen molar-refractivity contribution in [2.24, 2.45) is 5.92 Å². The van der Waals surface area contributed by atoms with Gasteiger partial charge in [-0.3, -0.25) is 9.36 Å². The van der Waals surface area contributed by atoms with E-state index in [0.717, 1.165) is 24.3 Å². The highest BCUT2D eigenvalue weighted by molar-refractivity contribution is 7.99. The average molecular weight is 403 g/mol. The van der Waals surface area contributed by atoms with Crippen molar-refractivity contribution in [3.8, 4) is 11.4 Å². The smallest absolute Gasteiger partial charge is 0.233 e. The Morgan fingerprint density at radius 3 is 2.61 bits per heavy atom. The number of thioether (sulfide) groups is 1. The van der Waals surface area contributed by atoms with E-state index in [0.29, 0.717) is 29.3 Å². The van der Waals surface area contributed by atoms with Gasteiger partial charge in [-0.25, -0.2) is 4.39 Å². The number of aromatic nitrogens is 3. The number of hydrogen-bond acceptors (Lipinski definition) is 4. The summed E-state index contributed by atoms with van der Waals surface area (Å²) in [5.74, 6) is 1.54. The van der Waals surface area contributed by atoms with Crippen molar-refractivity contribution in [2.45, 2.75) is 50.4 Å². The van der Waals surface area contributed by atoms with Gasteiger partial charge >= 0.3 is 0 Å². The molecule has 0 atom stereocenters. The van der Waals surface area contributed by atoms with Gasteiger partial charge in [0.25, 0.3) is 0 Å². The van der Waals surface area contributed by atoms with Gasteiger partial charge in [0.05, 0.1) is 5.75 Å². The second-order valence-electron chi connectivity index (χ2n) is 7.42. The van der Waals surface area contributed by atoms with Gasteiger partial charge in [-0.1, -0.05) is 24.8 Å². The van der Waals surface area contributed by atoms with Crippen LogP contribution in [0.1, 0.15) is 32.6 Å². The maximum absolute atomic E-state index is 13.2. The average Bonchev–Trinajstić information content (AvgIpc) is 3.09. The fourth-order valence-electron chi connectivity index (χ4n) is 3.56. The molecule has 3 rings (SSSR count). The van der Waals surface area contributed by atoms with Crippen molar-refractivity contribution in [1.29, 1.82) is 0 Å². The molecule has 0 N–H and O–H groups in total. The second kappa shape index (κ2) is 9.37. The van der Waals surface area contributed by atoms with E-state index in [-0.39, 0.29) is 11.7 Å². The van der Waals surface area contributed by atoms with E-state index in [9.17, 15) is 9.18 Å². The molecule has 1 fully saturated rings. The molecule has 0 bridgehead atoms. The fourth-order valence-corrected chi connectivity index (χ4v) is 4.43. The molecular weight excluding hydrogens is 375 g/mol. The van der Waals surface area contributed by atoms with Crippen LogP contribution in [0.5, 0.6) is 0 Å². The summed E-state index contributed by atoms with van der Waals surface area (Å²) in [6, 6.07) is 6.49. The molecule has 1 aliphatic carbocycles. The summed E-state index contributed by atoms with van der Waals surface area (Å²) < 4.78 is 15.1. The predicted molar refractivity (Wildman–Crippen MR) is 111 cm³/mol. The Labute approximate surface area is 170 Å². The molecule has 2 aromatic rings. The van der Waals surface area contributed by atoms with Crippen molar-refractivity contribution in [1.82, 2.24) is 19.7 Å². The minimum absolute atomic E-state index is 0.112. The molecule has 0 spiro atoms. The lowest BCUT2D eigenvalue weighted by molar-refractivity contribution is -0.129. The number of carbonyl (C=O) groups is 1. The molecule has 1 aliphatic rings. The third-order valence-corrected chi connectivity index (χ3v) is 6.33. The monoisotopic (exact) mass is 402 g/mol. The van der Waals surface area contributed by atoms with Gasteiger partial charge in [0.15, 0.2) is 11.0 Å². The molecule has 1 aromatic heterocycles. The van der Waals surface area contributed by atoms with Crippen LogP contribution in [0.2, 0.25) is 0 Å². The Balaban J connectivity index is 1.67. The van der Waals surface area contributed by atoms with Crippen LogP contribution in [0.4, 0.5) is 4.39 Å². The zero-order valence-electron chi connectivity index (χ0n) is 16.5. The summed E-state index contributed by atoms with van der Waals surface area (Å²) >= 11 is 1.38. The Hall–Kier alpha value is -2.15. The topological polar surface area (TPSA) is 51.0 Å². The van der Waals surface area contributed by atoms with E-state index >= 15 is 0 Å². The number of hydrogen-bond donors (Lipinski definition) is 0. The number of carbonyl (C=O) groups excluding carboxylic acids is 1. The highest BCUT2D eigenvalue weighted by atomic mass is 32.2. The summed E-state index contributed by atoms with van der Waals surface area (Å²) in [5.41, 5.74) is 0.780. The van der Waals surface area contributed by atoms with E-state index in [1.54, 1.807) is 18.2 Å². The van der Waals surface area contributed by atoms with Crippen LogP contribution in [0.3, 0.4) is 0 Å². The summed E-state index contributed by atoms with van der Waals surface area (Å²) in [4.78, 5) is 14.6. The Kier molecular flexibility index (Phi) is 6.88. The molecule has 28 heavy (non-hydrogen) atoms. The van der Waals surface area contributed by atoms with Crippen LogP contribution in [0.15, 0.2) is 42.1 Å². The van der Waals surface area contributed by atoms with E-state index in [1.165, 1.54) is 36.7 Å². The standard InChI is InChI=1S/C21H27FN4OS/c1-4-13-26-20(16-7-9-17(22)10-8-16)23-24-21(26)28-14-19(27)25(3)18-11-5-15(2)6-12-18/h4,7-10,15,18H,1,5-6,11-14H2,2-3H3. The summed E-state index contributed by atoms with van der Waals surface area (Å²) in [6.07, 6.45) is 6.29. The number of nitrogens with zero attached hydrogens (tertiary/aromatic N) is 4. The van der Waals surface area contributed by atoms with E-state index < -0.39 is 0 Å². The summed E-state index contributed by atoms with van der Waals surface area (Å²) in [7, 11) is 1.90.